The van der Waals surface area contributed by atoms with Gasteiger partial charge in [-0.2, -0.15) is 0 Å². The van der Waals surface area contributed by atoms with Gasteiger partial charge in [0.05, 0.1) is 19.3 Å². The van der Waals surface area contributed by atoms with Crippen molar-refractivity contribution in [2.45, 2.75) is 13.5 Å². The molecule has 2 aromatic rings. The van der Waals surface area contributed by atoms with E-state index >= 15 is 0 Å². The second kappa shape index (κ2) is 5.89. The molecule has 0 saturated heterocycles. The van der Waals surface area contributed by atoms with Gasteiger partial charge in [0.1, 0.15) is 6.61 Å². The molecular formula is C12H15N3O2. The highest BCUT2D eigenvalue weighted by Crippen LogP contribution is 2.26. The Morgan fingerprint density at radius 2 is 1.94 bits per heavy atom. The molecule has 17 heavy (non-hydrogen) atoms. The minimum absolute atomic E-state index is 0.535. The lowest BCUT2D eigenvalue weighted by molar-refractivity contribution is 0.261. The maximum atomic E-state index is 5.65. The van der Waals surface area contributed by atoms with Crippen molar-refractivity contribution in [1.82, 2.24) is 15.0 Å². The topological polar surface area (TPSA) is 49.2 Å². The van der Waals surface area contributed by atoms with Gasteiger partial charge in [-0.25, -0.2) is 4.68 Å². The van der Waals surface area contributed by atoms with Gasteiger partial charge < -0.3 is 9.47 Å². The molecule has 0 spiro atoms. The Hall–Kier alpha value is -2.04. The summed E-state index contributed by atoms with van der Waals surface area (Å²) in [6.07, 6.45) is 3.45. The number of rotatable bonds is 6. The van der Waals surface area contributed by atoms with Crippen LogP contribution in [0.2, 0.25) is 0 Å². The lowest BCUT2D eigenvalue weighted by Gasteiger charge is -2.11. The van der Waals surface area contributed by atoms with Gasteiger partial charge in [-0.15, -0.1) is 5.10 Å². The van der Waals surface area contributed by atoms with Gasteiger partial charge in [-0.05, 0) is 19.1 Å². The third-order valence-corrected chi connectivity index (χ3v) is 2.20. The molecule has 0 saturated carbocycles. The van der Waals surface area contributed by atoms with Crippen LogP contribution in [0.3, 0.4) is 0 Å². The van der Waals surface area contributed by atoms with Crippen molar-refractivity contribution >= 4 is 0 Å². The van der Waals surface area contributed by atoms with Crippen molar-refractivity contribution in [2.24, 2.45) is 0 Å². The molecule has 0 fully saturated rings. The fourth-order valence-electron chi connectivity index (χ4n) is 1.45. The minimum atomic E-state index is 0.535. The van der Waals surface area contributed by atoms with E-state index in [4.69, 9.17) is 9.47 Å². The van der Waals surface area contributed by atoms with E-state index in [9.17, 15) is 0 Å². The number of ether oxygens (including phenoxy) is 2. The van der Waals surface area contributed by atoms with Gasteiger partial charge in [0.25, 0.3) is 0 Å². The van der Waals surface area contributed by atoms with Crippen LogP contribution in [0.15, 0.2) is 36.7 Å². The van der Waals surface area contributed by atoms with Crippen molar-refractivity contribution in [3.8, 4) is 11.5 Å². The normalized spacial score (nSPS) is 10.2. The summed E-state index contributed by atoms with van der Waals surface area (Å²) < 4.78 is 12.8. The van der Waals surface area contributed by atoms with Gasteiger partial charge in [0.2, 0.25) is 0 Å². The molecule has 0 bridgehead atoms. The Morgan fingerprint density at radius 3 is 2.59 bits per heavy atom. The summed E-state index contributed by atoms with van der Waals surface area (Å²) in [4.78, 5) is 0. The summed E-state index contributed by atoms with van der Waals surface area (Å²) in [6, 6.07) is 7.64. The Morgan fingerprint density at radius 1 is 1.18 bits per heavy atom. The molecule has 2 rings (SSSR count). The summed E-state index contributed by atoms with van der Waals surface area (Å²) in [6.45, 7) is 3.78. The van der Waals surface area contributed by atoms with Crippen LogP contribution >= 0.6 is 0 Å². The standard InChI is InChI=1S/C12H15N3O2/c1-2-16-11-5-3-4-6-12(11)17-10-9-15-8-7-13-14-15/h3-8H,2,9-10H2,1H3. The predicted octanol–water partition coefficient (Wildman–Crippen LogP) is 1.76. The van der Waals surface area contributed by atoms with E-state index in [1.165, 1.54) is 0 Å². The van der Waals surface area contributed by atoms with Crippen LogP contribution < -0.4 is 9.47 Å². The number of hydrogen-bond donors (Lipinski definition) is 0. The smallest absolute Gasteiger partial charge is 0.161 e. The van der Waals surface area contributed by atoms with Gasteiger partial charge >= 0.3 is 0 Å². The molecule has 5 heteroatoms. The van der Waals surface area contributed by atoms with Crippen LogP contribution in [-0.2, 0) is 6.54 Å². The van der Waals surface area contributed by atoms with Crippen molar-refractivity contribution in [2.75, 3.05) is 13.2 Å². The van der Waals surface area contributed by atoms with Crippen molar-refractivity contribution < 1.29 is 9.47 Å². The molecule has 0 aliphatic carbocycles. The van der Waals surface area contributed by atoms with E-state index < -0.39 is 0 Å². The van der Waals surface area contributed by atoms with E-state index in [1.54, 1.807) is 17.1 Å². The average molecular weight is 233 g/mol. The first-order valence-corrected chi connectivity index (χ1v) is 5.59. The average Bonchev–Trinajstić information content (AvgIpc) is 2.85. The van der Waals surface area contributed by atoms with Gasteiger partial charge in [-0.3, -0.25) is 0 Å². The zero-order chi connectivity index (χ0) is 11.9. The molecule has 1 aromatic carbocycles. The fourth-order valence-corrected chi connectivity index (χ4v) is 1.45. The number of benzene rings is 1. The van der Waals surface area contributed by atoms with Crippen LogP contribution in [0.5, 0.6) is 11.5 Å². The highest BCUT2D eigenvalue weighted by molar-refractivity contribution is 5.39. The highest BCUT2D eigenvalue weighted by atomic mass is 16.5. The fraction of sp³-hybridized carbons (Fsp3) is 0.333. The van der Waals surface area contributed by atoms with Gasteiger partial charge in [-0.1, -0.05) is 17.3 Å². The Labute approximate surface area is 100.0 Å². The molecule has 0 amide bonds. The summed E-state index contributed by atoms with van der Waals surface area (Å²) in [5, 5.41) is 7.59. The molecule has 1 aromatic heterocycles. The van der Waals surface area contributed by atoms with Crippen LogP contribution in [0.4, 0.5) is 0 Å². The highest BCUT2D eigenvalue weighted by Gasteiger charge is 2.03. The second-order valence-electron chi connectivity index (χ2n) is 3.39. The molecular weight excluding hydrogens is 218 g/mol. The maximum Gasteiger partial charge on any atom is 0.161 e. The lowest BCUT2D eigenvalue weighted by Crippen LogP contribution is -2.09. The summed E-state index contributed by atoms with van der Waals surface area (Å²) in [5.41, 5.74) is 0. The lowest BCUT2D eigenvalue weighted by atomic mass is 10.3. The van der Waals surface area contributed by atoms with Crippen LogP contribution in [0.25, 0.3) is 0 Å². The van der Waals surface area contributed by atoms with E-state index in [0.717, 1.165) is 11.5 Å². The molecule has 0 N–H and O–H groups in total. The van der Waals surface area contributed by atoms with Crippen molar-refractivity contribution in [3.05, 3.63) is 36.7 Å². The molecule has 0 radical (unpaired) electrons. The largest absolute Gasteiger partial charge is 0.490 e. The quantitative estimate of drug-likeness (QED) is 0.762. The van der Waals surface area contributed by atoms with Crippen LogP contribution in [0, 0.1) is 0 Å². The van der Waals surface area contributed by atoms with Crippen molar-refractivity contribution in [3.63, 3.8) is 0 Å². The monoisotopic (exact) mass is 233 g/mol. The molecule has 0 atom stereocenters. The van der Waals surface area contributed by atoms with E-state index in [1.807, 2.05) is 31.2 Å². The summed E-state index contributed by atoms with van der Waals surface area (Å²) in [7, 11) is 0. The summed E-state index contributed by atoms with van der Waals surface area (Å²) >= 11 is 0. The molecule has 0 aliphatic rings. The molecule has 0 aliphatic heterocycles. The Kier molecular flexibility index (Phi) is 3.96. The molecule has 5 nitrogen and oxygen atoms in total. The summed E-state index contributed by atoms with van der Waals surface area (Å²) in [5.74, 6) is 1.53. The number of nitrogens with zero attached hydrogens (tertiary/aromatic N) is 3. The van der Waals surface area contributed by atoms with E-state index in [2.05, 4.69) is 10.3 Å². The first kappa shape index (κ1) is 11.4. The van der Waals surface area contributed by atoms with E-state index in [-0.39, 0.29) is 0 Å². The zero-order valence-electron chi connectivity index (χ0n) is 9.74. The Balaban J connectivity index is 1.89. The molecule has 1 heterocycles. The second-order valence-corrected chi connectivity index (χ2v) is 3.39. The third-order valence-electron chi connectivity index (χ3n) is 2.20. The van der Waals surface area contributed by atoms with Gasteiger partial charge in [0.15, 0.2) is 11.5 Å². The maximum absolute atomic E-state index is 5.65. The number of para-hydroxylation sites is 2. The predicted molar refractivity (Wildman–Crippen MR) is 63.1 cm³/mol. The zero-order valence-corrected chi connectivity index (χ0v) is 9.74. The van der Waals surface area contributed by atoms with E-state index in [0.29, 0.717) is 19.8 Å². The van der Waals surface area contributed by atoms with Crippen molar-refractivity contribution in [1.29, 1.82) is 0 Å². The SMILES string of the molecule is CCOc1ccccc1OCCn1ccnn1. The van der Waals surface area contributed by atoms with Gasteiger partial charge in [0, 0.05) is 6.20 Å². The number of hydrogen-bond acceptors (Lipinski definition) is 4. The van der Waals surface area contributed by atoms with Crippen LogP contribution in [0.1, 0.15) is 6.92 Å². The molecule has 0 unspecified atom stereocenters. The third kappa shape index (κ3) is 3.21. The first-order valence-electron chi connectivity index (χ1n) is 5.59. The van der Waals surface area contributed by atoms with Crippen LogP contribution in [-0.4, -0.2) is 28.2 Å². The minimum Gasteiger partial charge on any atom is -0.490 e. The first-order chi connectivity index (χ1) is 8.40. The number of aromatic nitrogens is 3. The molecule has 90 valence electrons. The Bertz CT molecular complexity index is 443.